The lowest BCUT2D eigenvalue weighted by Gasteiger charge is -2.13. The van der Waals surface area contributed by atoms with E-state index in [0.29, 0.717) is 5.92 Å². The van der Waals surface area contributed by atoms with Gasteiger partial charge in [0.1, 0.15) is 0 Å². The maximum Gasteiger partial charge on any atom is 0.158 e. The molecule has 66 valence electrons. The minimum absolute atomic E-state index is 0.0171. The highest BCUT2D eigenvalue weighted by Gasteiger charge is 2.18. The van der Waals surface area contributed by atoms with Crippen molar-refractivity contribution in [3.63, 3.8) is 0 Å². The van der Waals surface area contributed by atoms with Gasteiger partial charge in [-0.1, -0.05) is 6.92 Å². The van der Waals surface area contributed by atoms with Crippen LogP contribution in [0.1, 0.15) is 19.8 Å². The van der Waals surface area contributed by atoms with E-state index in [1.165, 1.54) is 0 Å². The van der Waals surface area contributed by atoms with Crippen molar-refractivity contribution in [2.75, 3.05) is 19.8 Å². The normalized spacial score (nSPS) is 22.4. The van der Waals surface area contributed by atoms with Crippen LogP contribution in [0, 0.1) is 5.92 Å². The first-order chi connectivity index (χ1) is 5.33. The summed E-state index contributed by atoms with van der Waals surface area (Å²) in [5, 5.41) is 8.63. The smallest absolute Gasteiger partial charge is 0.158 e. The van der Waals surface area contributed by atoms with Gasteiger partial charge in [-0.2, -0.15) is 0 Å². The highest BCUT2D eigenvalue weighted by atomic mass is 16.7. The highest BCUT2D eigenvalue weighted by Crippen LogP contribution is 2.16. The zero-order chi connectivity index (χ0) is 8.10. The Morgan fingerprint density at radius 3 is 2.64 bits per heavy atom. The maximum absolute atomic E-state index is 8.63. The summed E-state index contributed by atoms with van der Waals surface area (Å²) in [7, 11) is 0. The Labute approximate surface area is 67.3 Å². The van der Waals surface area contributed by atoms with Gasteiger partial charge in [0.25, 0.3) is 0 Å². The van der Waals surface area contributed by atoms with Crippen molar-refractivity contribution in [3.8, 4) is 0 Å². The van der Waals surface area contributed by atoms with E-state index in [-0.39, 0.29) is 12.9 Å². The molecule has 0 bridgehead atoms. The summed E-state index contributed by atoms with van der Waals surface area (Å²) in [4.78, 5) is 0. The van der Waals surface area contributed by atoms with Crippen molar-refractivity contribution in [3.05, 3.63) is 0 Å². The molecule has 1 fully saturated rings. The Hall–Kier alpha value is -0.120. The minimum atomic E-state index is -0.0171. The van der Waals surface area contributed by atoms with Gasteiger partial charge in [-0.05, 0) is 12.3 Å². The highest BCUT2D eigenvalue weighted by molar-refractivity contribution is 4.58. The number of aliphatic hydroxyl groups is 1. The zero-order valence-electron chi connectivity index (χ0n) is 6.95. The Kier molecular flexibility index (Phi) is 3.83. The molecular formula is C8H16O3. The van der Waals surface area contributed by atoms with E-state index in [0.717, 1.165) is 26.1 Å². The second-order valence-electron chi connectivity index (χ2n) is 3.02. The van der Waals surface area contributed by atoms with E-state index in [4.69, 9.17) is 14.6 Å². The lowest BCUT2D eigenvalue weighted by atomic mass is 10.0. The first-order valence-electron chi connectivity index (χ1n) is 4.17. The fourth-order valence-corrected chi connectivity index (χ4v) is 1.21. The van der Waals surface area contributed by atoms with Crippen LogP contribution in [-0.4, -0.2) is 31.2 Å². The fourth-order valence-electron chi connectivity index (χ4n) is 1.21. The van der Waals surface area contributed by atoms with E-state index in [2.05, 4.69) is 6.92 Å². The quantitative estimate of drug-likeness (QED) is 0.660. The van der Waals surface area contributed by atoms with Crippen molar-refractivity contribution < 1.29 is 14.6 Å². The second kappa shape index (κ2) is 4.70. The van der Waals surface area contributed by atoms with Crippen LogP contribution >= 0.6 is 0 Å². The largest absolute Gasteiger partial charge is 0.396 e. The maximum atomic E-state index is 8.63. The molecule has 0 aromatic rings. The Morgan fingerprint density at radius 1 is 1.45 bits per heavy atom. The average Bonchev–Trinajstić information content (AvgIpc) is 2.40. The van der Waals surface area contributed by atoms with Gasteiger partial charge in [-0.3, -0.25) is 0 Å². The zero-order valence-corrected chi connectivity index (χ0v) is 6.95. The number of hydrogen-bond acceptors (Lipinski definition) is 3. The minimum Gasteiger partial charge on any atom is -0.396 e. The molecule has 0 aromatic heterocycles. The standard InChI is InChI=1S/C8H16O3/c1-7(2-3-9)6-8-10-4-5-11-8/h7-9H,2-6H2,1H3/t7-/m0/s1. The predicted octanol–water partition coefficient (Wildman–Crippen LogP) is 0.768. The van der Waals surface area contributed by atoms with E-state index < -0.39 is 0 Å². The molecule has 0 aromatic carbocycles. The van der Waals surface area contributed by atoms with E-state index in [9.17, 15) is 0 Å². The average molecular weight is 160 g/mol. The van der Waals surface area contributed by atoms with Crippen LogP contribution in [0.4, 0.5) is 0 Å². The van der Waals surface area contributed by atoms with E-state index in [1.807, 2.05) is 0 Å². The molecule has 0 aliphatic carbocycles. The molecule has 3 nitrogen and oxygen atoms in total. The monoisotopic (exact) mass is 160 g/mol. The molecule has 1 aliphatic heterocycles. The van der Waals surface area contributed by atoms with Gasteiger partial charge in [0.15, 0.2) is 6.29 Å². The molecule has 11 heavy (non-hydrogen) atoms. The van der Waals surface area contributed by atoms with Crippen LogP contribution in [-0.2, 0) is 9.47 Å². The molecular weight excluding hydrogens is 144 g/mol. The van der Waals surface area contributed by atoms with Gasteiger partial charge in [0.05, 0.1) is 13.2 Å². The van der Waals surface area contributed by atoms with Crippen molar-refractivity contribution in [2.24, 2.45) is 5.92 Å². The van der Waals surface area contributed by atoms with Crippen molar-refractivity contribution in [2.45, 2.75) is 26.1 Å². The van der Waals surface area contributed by atoms with Crippen molar-refractivity contribution in [1.29, 1.82) is 0 Å². The van der Waals surface area contributed by atoms with Crippen LogP contribution in [0.15, 0.2) is 0 Å². The summed E-state index contributed by atoms with van der Waals surface area (Å²) in [6.07, 6.45) is 1.72. The fraction of sp³-hybridized carbons (Fsp3) is 1.00. The number of ether oxygens (including phenoxy) is 2. The van der Waals surface area contributed by atoms with Crippen LogP contribution in [0.3, 0.4) is 0 Å². The Balaban J connectivity index is 2.08. The van der Waals surface area contributed by atoms with Gasteiger partial charge in [0.2, 0.25) is 0 Å². The number of aliphatic hydroxyl groups excluding tert-OH is 1. The van der Waals surface area contributed by atoms with E-state index in [1.54, 1.807) is 0 Å². The molecule has 0 saturated carbocycles. The van der Waals surface area contributed by atoms with Crippen molar-refractivity contribution >= 4 is 0 Å². The third-order valence-corrected chi connectivity index (χ3v) is 1.91. The summed E-state index contributed by atoms with van der Waals surface area (Å²) in [5.41, 5.74) is 0. The number of hydrogen-bond donors (Lipinski definition) is 1. The summed E-state index contributed by atoms with van der Waals surface area (Å²) >= 11 is 0. The molecule has 1 saturated heterocycles. The van der Waals surface area contributed by atoms with Crippen molar-refractivity contribution in [1.82, 2.24) is 0 Å². The molecule has 1 N–H and O–H groups in total. The first-order valence-corrected chi connectivity index (χ1v) is 4.17. The molecule has 0 amide bonds. The van der Waals surface area contributed by atoms with Crippen LogP contribution in [0.5, 0.6) is 0 Å². The lowest BCUT2D eigenvalue weighted by molar-refractivity contribution is -0.0568. The summed E-state index contributed by atoms with van der Waals surface area (Å²) in [5.74, 6) is 0.489. The summed E-state index contributed by atoms with van der Waals surface area (Å²) in [6, 6.07) is 0. The third-order valence-electron chi connectivity index (χ3n) is 1.91. The van der Waals surface area contributed by atoms with E-state index >= 15 is 0 Å². The molecule has 0 unspecified atom stereocenters. The van der Waals surface area contributed by atoms with Gasteiger partial charge in [-0.25, -0.2) is 0 Å². The predicted molar refractivity (Wildman–Crippen MR) is 41.2 cm³/mol. The lowest BCUT2D eigenvalue weighted by Crippen LogP contribution is -2.13. The molecule has 1 atom stereocenters. The van der Waals surface area contributed by atoms with Crippen LogP contribution in [0.2, 0.25) is 0 Å². The third kappa shape index (κ3) is 3.18. The SMILES string of the molecule is C[C@@H](CCO)CC1OCCO1. The molecule has 3 heteroatoms. The Morgan fingerprint density at radius 2 is 2.09 bits per heavy atom. The van der Waals surface area contributed by atoms with Gasteiger partial charge in [-0.15, -0.1) is 0 Å². The van der Waals surface area contributed by atoms with Crippen LogP contribution in [0.25, 0.3) is 0 Å². The van der Waals surface area contributed by atoms with Gasteiger partial charge < -0.3 is 14.6 Å². The molecule has 1 heterocycles. The Bertz CT molecular complexity index is 99.5. The summed E-state index contributed by atoms with van der Waals surface area (Å²) in [6.45, 7) is 3.79. The molecule has 1 aliphatic rings. The van der Waals surface area contributed by atoms with Gasteiger partial charge >= 0.3 is 0 Å². The summed E-state index contributed by atoms with van der Waals surface area (Å²) < 4.78 is 10.5. The number of rotatable bonds is 4. The topological polar surface area (TPSA) is 38.7 Å². The molecule has 1 rings (SSSR count). The second-order valence-corrected chi connectivity index (χ2v) is 3.02. The molecule has 0 radical (unpaired) electrons. The van der Waals surface area contributed by atoms with Crippen LogP contribution < -0.4 is 0 Å². The first kappa shape index (κ1) is 8.97. The van der Waals surface area contributed by atoms with Gasteiger partial charge in [0, 0.05) is 13.0 Å². The molecule has 0 spiro atoms.